The summed E-state index contributed by atoms with van der Waals surface area (Å²) in [5.41, 5.74) is 4.55. The van der Waals surface area contributed by atoms with Gasteiger partial charge in [-0.2, -0.15) is 0 Å². The Bertz CT molecular complexity index is 1130. The molecule has 0 saturated carbocycles. The van der Waals surface area contributed by atoms with Gasteiger partial charge < -0.3 is 15.6 Å². The number of fused-ring (bicyclic) bond motifs is 1. The van der Waals surface area contributed by atoms with Crippen LogP contribution in [0, 0.1) is 0 Å². The minimum atomic E-state index is -0.247. The highest BCUT2D eigenvalue weighted by Crippen LogP contribution is 2.22. The Labute approximate surface area is 161 Å². The molecule has 0 aliphatic heterocycles. The van der Waals surface area contributed by atoms with E-state index < -0.39 is 0 Å². The number of aromatic amines is 1. The Morgan fingerprint density at radius 3 is 2.39 bits per heavy atom. The maximum absolute atomic E-state index is 12.5. The Morgan fingerprint density at radius 1 is 0.857 bits per heavy atom. The lowest BCUT2D eigenvalue weighted by molar-refractivity contribution is -0.114. The average Bonchev–Trinajstić information content (AvgIpc) is 3.12. The lowest BCUT2D eigenvalue weighted by Crippen LogP contribution is -2.13. The maximum Gasteiger partial charge on any atom is 0.255 e. The van der Waals surface area contributed by atoms with Crippen LogP contribution >= 0.6 is 0 Å². The van der Waals surface area contributed by atoms with Gasteiger partial charge in [-0.1, -0.05) is 18.2 Å². The number of nitrogens with one attached hydrogen (secondary N) is 3. The first kappa shape index (κ1) is 17.5. The third-order valence-electron chi connectivity index (χ3n) is 4.25. The van der Waals surface area contributed by atoms with Crippen molar-refractivity contribution in [1.82, 2.24) is 9.97 Å². The molecule has 1 aromatic heterocycles. The second-order valence-electron chi connectivity index (χ2n) is 6.40. The molecule has 0 bridgehead atoms. The molecule has 28 heavy (non-hydrogen) atoms. The second kappa shape index (κ2) is 7.36. The van der Waals surface area contributed by atoms with Crippen molar-refractivity contribution in [2.75, 3.05) is 10.6 Å². The lowest BCUT2D eigenvalue weighted by atomic mass is 10.1. The third kappa shape index (κ3) is 3.76. The summed E-state index contributed by atoms with van der Waals surface area (Å²) in [5, 5.41) is 5.53. The quantitative estimate of drug-likeness (QED) is 0.496. The summed E-state index contributed by atoms with van der Waals surface area (Å²) in [6.45, 7) is 1.43. The standard InChI is InChI=1S/C22H18N4O2/c1-14(27)23-18-6-4-5-16(13-18)22(28)24-17-11-9-15(10-12-17)21-25-19-7-2-3-8-20(19)26-21/h2-13H,1H3,(H,23,27)(H,24,28)(H,25,26). The topological polar surface area (TPSA) is 86.9 Å². The molecule has 4 rings (SSSR count). The number of hydrogen-bond donors (Lipinski definition) is 3. The largest absolute Gasteiger partial charge is 0.338 e. The molecular weight excluding hydrogens is 352 g/mol. The van der Waals surface area contributed by atoms with Crippen LogP contribution in [0.5, 0.6) is 0 Å². The van der Waals surface area contributed by atoms with Crippen LogP contribution in [-0.4, -0.2) is 21.8 Å². The molecule has 3 aromatic carbocycles. The summed E-state index contributed by atoms with van der Waals surface area (Å²) in [6.07, 6.45) is 0. The number of benzene rings is 3. The molecule has 0 spiro atoms. The van der Waals surface area contributed by atoms with E-state index in [2.05, 4.69) is 20.6 Å². The number of nitrogens with zero attached hydrogens (tertiary/aromatic N) is 1. The van der Waals surface area contributed by atoms with Crippen LogP contribution in [0.2, 0.25) is 0 Å². The predicted octanol–water partition coefficient (Wildman–Crippen LogP) is 4.44. The fourth-order valence-corrected chi connectivity index (χ4v) is 2.95. The zero-order chi connectivity index (χ0) is 19.5. The highest BCUT2D eigenvalue weighted by Gasteiger charge is 2.09. The number of carbonyl (C=O) groups is 2. The van der Waals surface area contributed by atoms with E-state index in [0.717, 1.165) is 22.4 Å². The van der Waals surface area contributed by atoms with Gasteiger partial charge in [-0.05, 0) is 54.6 Å². The molecular formula is C22H18N4O2. The van der Waals surface area contributed by atoms with Crippen LogP contribution in [0.25, 0.3) is 22.4 Å². The molecule has 0 saturated heterocycles. The molecule has 0 aliphatic rings. The first-order valence-electron chi connectivity index (χ1n) is 8.83. The van der Waals surface area contributed by atoms with E-state index in [-0.39, 0.29) is 11.8 Å². The number of rotatable bonds is 4. The van der Waals surface area contributed by atoms with E-state index in [1.54, 1.807) is 24.3 Å². The molecule has 4 aromatic rings. The summed E-state index contributed by atoms with van der Waals surface area (Å²) in [4.78, 5) is 31.5. The number of carbonyl (C=O) groups excluding carboxylic acids is 2. The third-order valence-corrected chi connectivity index (χ3v) is 4.25. The van der Waals surface area contributed by atoms with Gasteiger partial charge in [0.2, 0.25) is 5.91 Å². The van der Waals surface area contributed by atoms with Crippen LogP contribution in [0.3, 0.4) is 0 Å². The smallest absolute Gasteiger partial charge is 0.255 e. The molecule has 138 valence electrons. The van der Waals surface area contributed by atoms with Gasteiger partial charge in [-0.25, -0.2) is 4.98 Å². The van der Waals surface area contributed by atoms with Crippen molar-refractivity contribution in [3.63, 3.8) is 0 Å². The van der Waals surface area contributed by atoms with Crippen molar-refractivity contribution >= 4 is 34.2 Å². The highest BCUT2D eigenvalue weighted by molar-refractivity contribution is 6.05. The van der Waals surface area contributed by atoms with Gasteiger partial charge >= 0.3 is 0 Å². The normalized spacial score (nSPS) is 10.6. The summed E-state index contributed by atoms with van der Waals surface area (Å²) >= 11 is 0. The zero-order valence-corrected chi connectivity index (χ0v) is 15.2. The molecule has 2 amide bonds. The second-order valence-corrected chi connectivity index (χ2v) is 6.40. The first-order chi connectivity index (χ1) is 13.6. The van der Waals surface area contributed by atoms with E-state index in [4.69, 9.17) is 0 Å². The van der Waals surface area contributed by atoms with Crippen LogP contribution in [-0.2, 0) is 4.79 Å². The Kier molecular flexibility index (Phi) is 4.60. The summed E-state index contributed by atoms with van der Waals surface area (Å²) in [6, 6.07) is 22.1. The van der Waals surface area contributed by atoms with Gasteiger partial charge in [0.25, 0.3) is 5.91 Å². The van der Waals surface area contributed by atoms with E-state index in [1.165, 1.54) is 6.92 Å². The number of aromatic nitrogens is 2. The number of H-pyrrole nitrogens is 1. The van der Waals surface area contributed by atoms with E-state index in [0.29, 0.717) is 16.9 Å². The fraction of sp³-hybridized carbons (Fsp3) is 0.0455. The van der Waals surface area contributed by atoms with Crippen LogP contribution in [0.15, 0.2) is 72.8 Å². The van der Waals surface area contributed by atoms with Gasteiger partial charge in [-0.3, -0.25) is 9.59 Å². The maximum atomic E-state index is 12.5. The fourth-order valence-electron chi connectivity index (χ4n) is 2.95. The number of imidazole rings is 1. The minimum Gasteiger partial charge on any atom is -0.338 e. The number of amides is 2. The highest BCUT2D eigenvalue weighted by atomic mass is 16.2. The zero-order valence-electron chi connectivity index (χ0n) is 15.2. The lowest BCUT2D eigenvalue weighted by Gasteiger charge is -2.08. The summed E-state index contributed by atoms with van der Waals surface area (Å²) in [7, 11) is 0. The Hall–Kier alpha value is -3.93. The minimum absolute atomic E-state index is 0.182. The number of hydrogen-bond acceptors (Lipinski definition) is 3. The first-order valence-corrected chi connectivity index (χ1v) is 8.83. The van der Waals surface area contributed by atoms with Gasteiger partial charge in [0.05, 0.1) is 11.0 Å². The van der Waals surface area contributed by atoms with Crippen molar-refractivity contribution < 1.29 is 9.59 Å². The molecule has 0 fully saturated rings. The molecule has 0 atom stereocenters. The van der Waals surface area contributed by atoms with Gasteiger partial charge in [0.15, 0.2) is 0 Å². The molecule has 0 aliphatic carbocycles. The summed E-state index contributed by atoms with van der Waals surface area (Å²) in [5.74, 6) is 0.351. The summed E-state index contributed by atoms with van der Waals surface area (Å²) < 4.78 is 0. The average molecular weight is 370 g/mol. The number of anilines is 2. The number of para-hydroxylation sites is 2. The van der Waals surface area contributed by atoms with E-state index >= 15 is 0 Å². The Balaban J connectivity index is 1.50. The molecule has 6 nitrogen and oxygen atoms in total. The van der Waals surface area contributed by atoms with Gasteiger partial charge in [0.1, 0.15) is 5.82 Å². The molecule has 6 heteroatoms. The molecule has 3 N–H and O–H groups in total. The van der Waals surface area contributed by atoms with Crippen LogP contribution in [0.1, 0.15) is 17.3 Å². The predicted molar refractivity (Wildman–Crippen MR) is 110 cm³/mol. The van der Waals surface area contributed by atoms with Crippen LogP contribution in [0.4, 0.5) is 11.4 Å². The monoisotopic (exact) mass is 370 g/mol. The van der Waals surface area contributed by atoms with Crippen molar-refractivity contribution in [3.05, 3.63) is 78.4 Å². The van der Waals surface area contributed by atoms with Crippen molar-refractivity contribution in [2.24, 2.45) is 0 Å². The molecule has 0 unspecified atom stereocenters. The van der Waals surface area contributed by atoms with Crippen molar-refractivity contribution in [2.45, 2.75) is 6.92 Å². The SMILES string of the molecule is CC(=O)Nc1cccc(C(=O)Nc2ccc(-c3nc4ccccc4[nH]3)cc2)c1. The van der Waals surface area contributed by atoms with Crippen LogP contribution < -0.4 is 10.6 Å². The van der Waals surface area contributed by atoms with Gasteiger partial charge in [0, 0.05) is 29.4 Å². The molecule has 1 heterocycles. The van der Waals surface area contributed by atoms with E-state index in [9.17, 15) is 9.59 Å². The van der Waals surface area contributed by atoms with Crippen molar-refractivity contribution in [3.8, 4) is 11.4 Å². The van der Waals surface area contributed by atoms with E-state index in [1.807, 2.05) is 48.5 Å². The molecule has 0 radical (unpaired) electrons. The van der Waals surface area contributed by atoms with Gasteiger partial charge in [-0.15, -0.1) is 0 Å². The Morgan fingerprint density at radius 2 is 1.64 bits per heavy atom. The van der Waals surface area contributed by atoms with Crippen molar-refractivity contribution in [1.29, 1.82) is 0 Å².